The van der Waals surface area contributed by atoms with Crippen molar-refractivity contribution in [1.29, 1.82) is 0 Å². The zero-order chi connectivity index (χ0) is 62.9. The summed E-state index contributed by atoms with van der Waals surface area (Å²) in [6.45, 7) is 19.8. The Hall–Kier alpha value is -5.08. The van der Waals surface area contributed by atoms with Gasteiger partial charge in [-0.15, -0.1) is 0 Å². The highest BCUT2D eigenvalue weighted by molar-refractivity contribution is 9.12. The Bertz CT molecular complexity index is 3240. The minimum atomic E-state index is -1.14. The van der Waals surface area contributed by atoms with Gasteiger partial charge >= 0.3 is 47.8 Å². The molecule has 16 nitrogen and oxygen atoms in total. The summed E-state index contributed by atoms with van der Waals surface area (Å²) in [4.78, 5) is 114. The summed E-state index contributed by atoms with van der Waals surface area (Å²) in [5.74, 6) is -9.03. The Morgan fingerprint density at radius 1 is 0.262 bits per heavy atom. The lowest BCUT2D eigenvalue weighted by Gasteiger charge is -2.21. The number of benzene rings is 6. The normalized spacial score (nSPS) is 11.7. The molecule has 0 amide bonds. The highest BCUT2D eigenvalue weighted by Gasteiger charge is 2.32. The zero-order valence-electron chi connectivity index (χ0n) is 46.6. The van der Waals surface area contributed by atoms with Crippen molar-refractivity contribution in [3.05, 3.63) is 165 Å². The molecular weight excluding hydrogens is 1620 g/mol. The number of carbonyl (C=O) groups is 8. The molecule has 6 aromatic rings. The predicted octanol–water partition coefficient (Wildman–Crippen LogP) is 18.2. The summed E-state index contributed by atoms with van der Waals surface area (Å²) < 4.78 is 48.7. The van der Waals surface area contributed by atoms with Crippen molar-refractivity contribution in [1.82, 2.24) is 0 Å². The fourth-order valence-electron chi connectivity index (χ4n) is 7.26. The molecule has 0 heterocycles. The number of ether oxygens (including phenoxy) is 8. The van der Waals surface area contributed by atoms with Crippen LogP contribution in [-0.4, -0.2) is 70.2 Å². The highest BCUT2D eigenvalue weighted by Crippen LogP contribution is 2.40. The van der Waals surface area contributed by atoms with Crippen molar-refractivity contribution in [3.8, 4) is 34.1 Å². The summed E-state index contributed by atoms with van der Waals surface area (Å²) in [5.41, 5.74) is -6.09. The molecule has 24 heteroatoms. The smallest absolute Gasteiger partial charge is 0.343 e. The first kappa shape index (κ1) is 68.0. The van der Waals surface area contributed by atoms with Crippen molar-refractivity contribution in [3.63, 3.8) is 0 Å². The van der Waals surface area contributed by atoms with Gasteiger partial charge in [0, 0.05) is 17.9 Å². The first-order chi connectivity index (χ1) is 38.6. The van der Waals surface area contributed by atoms with Crippen LogP contribution in [0, 0.1) is 0 Å². The van der Waals surface area contributed by atoms with Crippen molar-refractivity contribution in [2.24, 2.45) is 0 Å². The van der Waals surface area contributed by atoms with Crippen molar-refractivity contribution in [2.45, 2.75) is 105 Å². The highest BCUT2D eigenvalue weighted by atomic mass is 79.9. The summed E-state index contributed by atoms with van der Waals surface area (Å²) >= 11 is 27.1. The average molecular weight is 1670 g/mol. The average Bonchev–Trinajstić information content (AvgIpc) is 3.03. The molecular formula is C60H50Br8O16. The van der Waals surface area contributed by atoms with Crippen LogP contribution in [0.25, 0.3) is 11.1 Å². The molecule has 0 aliphatic rings. The van der Waals surface area contributed by atoms with E-state index < -0.39 is 70.2 Å². The summed E-state index contributed by atoms with van der Waals surface area (Å²) in [6.07, 6.45) is 0. The molecule has 442 valence electrons. The second kappa shape index (κ2) is 26.9. The molecule has 0 atom stereocenters. The molecule has 0 aromatic heterocycles. The van der Waals surface area contributed by atoms with Gasteiger partial charge in [0.2, 0.25) is 0 Å². The molecule has 0 radical (unpaired) electrons. The molecule has 0 spiro atoms. The Kier molecular flexibility index (Phi) is 21.8. The number of carbonyl (C=O) groups excluding carboxylic acids is 8. The second-order valence-corrected chi connectivity index (χ2v) is 29.3. The van der Waals surface area contributed by atoms with E-state index in [0.29, 0.717) is 17.9 Å². The van der Waals surface area contributed by atoms with Crippen LogP contribution < -0.4 is 18.9 Å². The number of rotatable bonds is 13. The lowest BCUT2D eigenvalue weighted by molar-refractivity contribution is 0.00528. The molecule has 0 fully saturated rings. The van der Waals surface area contributed by atoms with Gasteiger partial charge in [0.05, 0.1) is 40.1 Å². The van der Waals surface area contributed by atoms with Crippen LogP contribution >= 0.6 is 127 Å². The number of esters is 8. The van der Waals surface area contributed by atoms with E-state index in [4.69, 9.17) is 37.9 Å². The first-order valence-corrected chi connectivity index (χ1v) is 31.1. The van der Waals surface area contributed by atoms with Gasteiger partial charge in [0.15, 0.2) is 23.0 Å². The third-order valence-electron chi connectivity index (χ3n) is 10.4. The molecule has 0 unspecified atom stereocenters. The number of halogens is 8. The Morgan fingerprint density at radius 3 is 0.607 bits per heavy atom. The molecule has 6 rings (SSSR count). The van der Waals surface area contributed by atoms with E-state index in [1.165, 1.54) is 72.8 Å². The Balaban J connectivity index is 1.61. The standard InChI is InChI=1S/C60H50Br8O16/c1-57(2,3)81-53(73)37-19-33(61)23-41(65)45(37)77-49(69)29-13-27(14-30(17-29)50(70)78-46-38(20-34(62)24-42(46)66)54(74)82-58(4,5)6)28-15-31(51(71)79-47-39(21-35(63)25-43(47)67)55(75)83-59(7,8)9)18-32(16-28)52(72)80-48-40(22-36(64)26-44(48)68)56(76)84-60(10,11)12/h13-26H,1-12H3. The van der Waals surface area contributed by atoms with Crippen molar-refractivity contribution in [2.75, 3.05) is 0 Å². The van der Waals surface area contributed by atoms with E-state index in [9.17, 15) is 38.4 Å². The van der Waals surface area contributed by atoms with Gasteiger partial charge in [-0.3, -0.25) is 0 Å². The zero-order valence-corrected chi connectivity index (χ0v) is 59.3. The number of hydrogen-bond acceptors (Lipinski definition) is 16. The van der Waals surface area contributed by atoms with Gasteiger partial charge < -0.3 is 37.9 Å². The van der Waals surface area contributed by atoms with Gasteiger partial charge in [-0.1, -0.05) is 63.7 Å². The molecule has 6 aromatic carbocycles. The Labute approximate surface area is 551 Å². The van der Waals surface area contributed by atoms with Crippen LogP contribution in [-0.2, 0) is 18.9 Å². The van der Waals surface area contributed by atoms with E-state index in [2.05, 4.69) is 127 Å². The van der Waals surface area contributed by atoms with Gasteiger partial charge in [-0.2, -0.15) is 0 Å². The van der Waals surface area contributed by atoms with Crippen LogP contribution in [0.15, 0.2) is 121 Å². The van der Waals surface area contributed by atoms with Gasteiger partial charge in [0.1, 0.15) is 44.7 Å². The lowest BCUT2D eigenvalue weighted by Crippen LogP contribution is -2.25. The maximum atomic E-state index is 14.7. The van der Waals surface area contributed by atoms with E-state index in [1.807, 2.05) is 0 Å². The summed E-state index contributed by atoms with van der Waals surface area (Å²) in [6, 6.07) is 18.9. The minimum absolute atomic E-state index is 0.0527. The molecule has 0 N–H and O–H groups in total. The fourth-order valence-corrected chi connectivity index (χ4v) is 12.5. The number of hydrogen-bond donors (Lipinski definition) is 0. The monoisotopic (exact) mass is 1660 g/mol. The SMILES string of the molecule is CC(C)(C)OC(=O)c1cc(Br)cc(Br)c1OC(=O)c1cc(C(=O)Oc2c(Br)cc(Br)cc2C(=O)OC(C)(C)C)cc(-c2cc(C(=O)Oc3c(Br)cc(Br)cc3C(=O)OC(C)(C)C)cc(C(=O)Oc3c(Br)cc(Br)cc3C(=O)OC(C)(C)C)c2)c1. The van der Waals surface area contributed by atoms with E-state index in [-0.39, 0.29) is 96.5 Å². The predicted molar refractivity (Wildman–Crippen MR) is 340 cm³/mol. The first-order valence-electron chi connectivity index (χ1n) is 24.7. The van der Waals surface area contributed by atoms with Crippen LogP contribution in [0.2, 0.25) is 0 Å². The summed E-state index contributed by atoms with van der Waals surface area (Å²) in [7, 11) is 0. The topological polar surface area (TPSA) is 210 Å². The summed E-state index contributed by atoms with van der Waals surface area (Å²) in [5, 5.41) is 0. The van der Waals surface area contributed by atoms with E-state index >= 15 is 0 Å². The third kappa shape index (κ3) is 18.5. The largest absolute Gasteiger partial charge is 0.456 e. The molecule has 0 bridgehead atoms. The maximum absolute atomic E-state index is 14.7. The van der Waals surface area contributed by atoms with Gasteiger partial charge in [-0.25, -0.2) is 38.4 Å². The molecule has 0 aliphatic carbocycles. The van der Waals surface area contributed by atoms with Crippen LogP contribution in [0.5, 0.6) is 23.0 Å². The molecule has 0 aliphatic heterocycles. The molecule has 0 saturated carbocycles. The van der Waals surface area contributed by atoms with Crippen LogP contribution in [0.3, 0.4) is 0 Å². The van der Waals surface area contributed by atoms with Crippen LogP contribution in [0.1, 0.15) is 166 Å². The van der Waals surface area contributed by atoms with E-state index in [1.54, 1.807) is 83.1 Å². The van der Waals surface area contributed by atoms with Crippen molar-refractivity contribution >= 4 is 175 Å². The second-order valence-electron chi connectivity index (χ2n) is 22.2. The van der Waals surface area contributed by atoms with E-state index in [0.717, 1.165) is 12.1 Å². The van der Waals surface area contributed by atoms with Gasteiger partial charge in [-0.05, 0) is 243 Å². The molecule has 84 heavy (non-hydrogen) atoms. The van der Waals surface area contributed by atoms with Crippen LogP contribution in [0.4, 0.5) is 0 Å². The third-order valence-corrected chi connectivity index (χ3v) is 14.6. The van der Waals surface area contributed by atoms with Gasteiger partial charge in [0.25, 0.3) is 0 Å². The van der Waals surface area contributed by atoms with Crippen molar-refractivity contribution < 1.29 is 76.3 Å². The lowest BCUT2D eigenvalue weighted by atomic mass is 9.96. The fraction of sp³-hybridized carbons (Fsp3) is 0.267. The quantitative estimate of drug-likeness (QED) is 0.0598. The maximum Gasteiger partial charge on any atom is 0.343 e. The molecule has 0 saturated heterocycles. The minimum Gasteiger partial charge on any atom is -0.456 e. The Morgan fingerprint density at radius 2 is 0.440 bits per heavy atom.